The summed E-state index contributed by atoms with van der Waals surface area (Å²) < 4.78 is 2.27. The molecule has 4 heterocycles. The van der Waals surface area contributed by atoms with Gasteiger partial charge >= 0.3 is 0 Å². The van der Waals surface area contributed by atoms with Gasteiger partial charge in [-0.05, 0) is 75.2 Å². The van der Waals surface area contributed by atoms with Gasteiger partial charge in [-0.15, -0.1) is 0 Å². The molecule has 0 radical (unpaired) electrons. The third-order valence-corrected chi connectivity index (χ3v) is 7.99. The first kappa shape index (κ1) is 17.8. The van der Waals surface area contributed by atoms with E-state index in [0.717, 1.165) is 51.3 Å². The number of benzene rings is 3. The first-order valence-electron chi connectivity index (χ1n) is 12.0. The molecule has 4 heteroatoms. The van der Waals surface area contributed by atoms with Gasteiger partial charge in [0.05, 0.1) is 28.3 Å². The Morgan fingerprint density at radius 3 is 2.54 bits per heavy atom. The molecule has 0 aliphatic heterocycles. The van der Waals surface area contributed by atoms with Gasteiger partial charge in [0.1, 0.15) is 5.65 Å². The van der Waals surface area contributed by atoms with Gasteiger partial charge in [0.15, 0.2) is 0 Å². The minimum atomic E-state index is 0.912. The lowest BCUT2D eigenvalue weighted by Gasteiger charge is -2.08. The van der Waals surface area contributed by atoms with Gasteiger partial charge in [0.25, 0.3) is 0 Å². The molecule has 0 unspecified atom stereocenters. The average Bonchev–Trinajstić information content (AvgIpc) is 3.59. The maximum absolute atomic E-state index is 5.28. The number of hydrogen-bond acceptors (Lipinski definition) is 3. The monoisotopic (exact) mass is 446 g/mol. The summed E-state index contributed by atoms with van der Waals surface area (Å²) in [6.07, 6.45) is 7.57. The highest BCUT2D eigenvalue weighted by Crippen LogP contribution is 2.49. The molecule has 0 amide bonds. The Morgan fingerprint density at radius 2 is 1.54 bits per heavy atom. The van der Waals surface area contributed by atoms with Crippen LogP contribution in [-0.4, -0.2) is 19.4 Å². The van der Waals surface area contributed by atoms with Crippen molar-refractivity contribution in [2.75, 3.05) is 0 Å². The van der Waals surface area contributed by atoms with Crippen LogP contribution in [0.1, 0.15) is 22.3 Å². The fraction of sp³-hybridized carbons (Fsp3) is 0.0645. The van der Waals surface area contributed by atoms with E-state index in [-0.39, 0.29) is 0 Å². The van der Waals surface area contributed by atoms with Gasteiger partial charge in [-0.2, -0.15) is 0 Å². The van der Waals surface area contributed by atoms with Gasteiger partial charge in [0.2, 0.25) is 0 Å². The van der Waals surface area contributed by atoms with Crippen molar-refractivity contribution in [1.82, 2.24) is 19.4 Å². The van der Waals surface area contributed by atoms with Crippen LogP contribution in [0.25, 0.3) is 60.7 Å². The van der Waals surface area contributed by atoms with Crippen LogP contribution in [0.15, 0.2) is 85.3 Å². The summed E-state index contributed by atoms with van der Waals surface area (Å²) in [6, 6.07) is 24.2. The third-order valence-electron chi connectivity index (χ3n) is 7.99. The van der Waals surface area contributed by atoms with Crippen molar-refractivity contribution in [2.24, 2.45) is 0 Å². The van der Waals surface area contributed by atoms with Crippen molar-refractivity contribution in [3.8, 4) is 22.3 Å². The van der Waals surface area contributed by atoms with Crippen molar-refractivity contribution < 1.29 is 0 Å². The standard InChI is InChI=1S/C31H18N4/c1-2-5-19-17(4-1)14-18-7-8-20-21-9-10-26-30(25(21)15-24(20)28(18)19)34-31-23-6-3-12-33-29(23)22-11-13-32-16-27(22)35(26)31/h1-13,16H,14-15H2. The minimum Gasteiger partial charge on any atom is -0.290 e. The van der Waals surface area contributed by atoms with Gasteiger partial charge < -0.3 is 0 Å². The van der Waals surface area contributed by atoms with Crippen molar-refractivity contribution in [3.05, 3.63) is 108 Å². The Labute approximate surface area is 200 Å². The lowest BCUT2D eigenvalue weighted by atomic mass is 9.95. The van der Waals surface area contributed by atoms with E-state index < -0.39 is 0 Å². The van der Waals surface area contributed by atoms with E-state index in [2.05, 4.69) is 70.0 Å². The summed E-state index contributed by atoms with van der Waals surface area (Å²) in [5, 5.41) is 2.17. The number of hydrogen-bond donors (Lipinski definition) is 0. The second-order valence-corrected chi connectivity index (χ2v) is 9.66. The normalized spacial score (nSPS) is 13.5. The molecule has 0 N–H and O–H groups in total. The molecule has 0 fully saturated rings. The Balaban J connectivity index is 1.39. The molecule has 7 aromatic rings. The number of rotatable bonds is 0. The van der Waals surface area contributed by atoms with Crippen molar-refractivity contribution >= 4 is 38.5 Å². The Morgan fingerprint density at radius 1 is 0.629 bits per heavy atom. The number of fused-ring (bicyclic) bond motifs is 16. The van der Waals surface area contributed by atoms with Gasteiger partial charge in [-0.3, -0.25) is 14.4 Å². The van der Waals surface area contributed by atoms with Crippen LogP contribution < -0.4 is 0 Å². The van der Waals surface area contributed by atoms with Crippen molar-refractivity contribution in [1.29, 1.82) is 0 Å². The number of imidazole rings is 1. The van der Waals surface area contributed by atoms with Gasteiger partial charge in [0, 0.05) is 29.6 Å². The Hall–Kier alpha value is -4.57. The second kappa shape index (κ2) is 6.10. The van der Waals surface area contributed by atoms with Crippen LogP contribution in [0, 0.1) is 0 Å². The van der Waals surface area contributed by atoms with Crippen LogP contribution in [0.2, 0.25) is 0 Å². The largest absolute Gasteiger partial charge is 0.290 e. The van der Waals surface area contributed by atoms with E-state index in [4.69, 9.17) is 9.97 Å². The molecule has 2 aliphatic carbocycles. The summed E-state index contributed by atoms with van der Waals surface area (Å²) in [5.74, 6) is 0. The topological polar surface area (TPSA) is 43.1 Å². The first-order chi connectivity index (χ1) is 17.4. The molecular weight excluding hydrogens is 428 g/mol. The highest BCUT2D eigenvalue weighted by molar-refractivity contribution is 6.12. The molecule has 162 valence electrons. The van der Waals surface area contributed by atoms with Crippen LogP contribution in [0.5, 0.6) is 0 Å². The zero-order chi connectivity index (χ0) is 22.7. The molecular formula is C31H18N4. The molecule has 2 aliphatic rings. The molecule has 0 spiro atoms. The molecule has 0 atom stereocenters. The highest BCUT2D eigenvalue weighted by Gasteiger charge is 2.30. The first-order valence-corrected chi connectivity index (χ1v) is 12.0. The van der Waals surface area contributed by atoms with E-state index in [1.807, 2.05) is 24.7 Å². The molecule has 4 nitrogen and oxygen atoms in total. The zero-order valence-corrected chi connectivity index (χ0v) is 18.8. The predicted molar refractivity (Wildman–Crippen MR) is 140 cm³/mol. The Kier molecular flexibility index (Phi) is 3.11. The van der Waals surface area contributed by atoms with Gasteiger partial charge in [-0.1, -0.05) is 42.5 Å². The smallest absolute Gasteiger partial charge is 0.148 e. The molecule has 4 aromatic heterocycles. The van der Waals surface area contributed by atoms with Crippen molar-refractivity contribution in [2.45, 2.75) is 12.8 Å². The van der Waals surface area contributed by atoms with Gasteiger partial charge in [-0.25, -0.2) is 4.98 Å². The van der Waals surface area contributed by atoms with E-state index in [0.29, 0.717) is 0 Å². The maximum atomic E-state index is 5.28. The predicted octanol–water partition coefficient (Wildman–Crippen LogP) is 6.73. The zero-order valence-electron chi connectivity index (χ0n) is 18.8. The molecule has 0 saturated carbocycles. The summed E-state index contributed by atoms with van der Waals surface area (Å²) >= 11 is 0. The van der Waals surface area contributed by atoms with E-state index in [1.54, 1.807) is 0 Å². The summed E-state index contributed by atoms with van der Waals surface area (Å²) in [7, 11) is 0. The van der Waals surface area contributed by atoms with Crippen molar-refractivity contribution in [3.63, 3.8) is 0 Å². The lowest BCUT2D eigenvalue weighted by Crippen LogP contribution is -1.93. The maximum Gasteiger partial charge on any atom is 0.148 e. The third kappa shape index (κ3) is 2.11. The number of nitrogens with zero attached hydrogens (tertiary/aromatic N) is 4. The summed E-state index contributed by atoms with van der Waals surface area (Å²) in [6.45, 7) is 0. The molecule has 0 saturated heterocycles. The Bertz CT molecular complexity index is 2070. The number of pyridine rings is 3. The van der Waals surface area contributed by atoms with Crippen LogP contribution in [0.4, 0.5) is 0 Å². The fourth-order valence-electron chi connectivity index (χ4n) is 6.54. The molecule has 35 heavy (non-hydrogen) atoms. The van der Waals surface area contributed by atoms with E-state index >= 15 is 0 Å². The molecule has 0 bridgehead atoms. The lowest BCUT2D eigenvalue weighted by molar-refractivity contribution is 1.24. The highest BCUT2D eigenvalue weighted by atomic mass is 15.0. The fourth-order valence-corrected chi connectivity index (χ4v) is 6.54. The number of aromatic nitrogens is 4. The summed E-state index contributed by atoms with van der Waals surface area (Å²) in [4.78, 5) is 14.4. The SMILES string of the molecule is c1ccc2c(c1)Cc1ccc3c(c1-2)Cc1c-3ccc2c1nc1c3cccnc3c3ccncc3n21. The van der Waals surface area contributed by atoms with Crippen LogP contribution in [0.3, 0.4) is 0 Å². The van der Waals surface area contributed by atoms with E-state index in [9.17, 15) is 0 Å². The van der Waals surface area contributed by atoms with E-state index in [1.165, 1.54) is 44.5 Å². The molecule has 3 aromatic carbocycles. The minimum absolute atomic E-state index is 0.912. The second-order valence-electron chi connectivity index (χ2n) is 9.66. The quantitative estimate of drug-likeness (QED) is 0.243. The average molecular weight is 447 g/mol. The molecule has 9 rings (SSSR count). The summed E-state index contributed by atoms with van der Waals surface area (Å²) in [5.41, 5.74) is 16.3. The van der Waals surface area contributed by atoms with Crippen LogP contribution in [-0.2, 0) is 12.8 Å². The van der Waals surface area contributed by atoms with Crippen LogP contribution >= 0.6 is 0 Å².